The van der Waals surface area contributed by atoms with Crippen LogP contribution in [0.2, 0.25) is 0 Å². The molecular formula is C25H25F2N3O5S2. The normalized spacial score (nSPS) is 14.1. The van der Waals surface area contributed by atoms with Crippen LogP contribution in [0.4, 0.5) is 25.0 Å². The fourth-order valence-corrected chi connectivity index (χ4v) is 6.71. The van der Waals surface area contributed by atoms with Crippen molar-refractivity contribution in [1.82, 2.24) is 4.90 Å². The highest BCUT2D eigenvalue weighted by Crippen LogP contribution is 2.40. The molecule has 8 nitrogen and oxygen atoms in total. The lowest BCUT2D eigenvalue weighted by Crippen LogP contribution is -2.35. The molecule has 37 heavy (non-hydrogen) atoms. The van der Waals surface area contributed by atoms with Crippen molar-refractivity contribution in [1.29, 1.82) is 0 Å². The first kappa shape index (κ1) is 26.6. The summed E-state index contributed by atoms with van der Waals surface area (Å²) >= 11 is 0. The van der Waals surface area contributed by atoms with Crippen molar-refractivity contribution in [3.8, 4) is 22.6 Å². The molecule has 0 aromatic heterocycles. The molecule has 1 aliphatic heterocycles. The van der Waals surface area contributed by atoms with Gasteiger partial charge in [-0.25, -0.2) is 26.2 Å². The van der Waals surface area contributed by atoms with Gasteiger partial charge in [-0.3, -0.25) is 0 Å². The number of nitrogens with zero attached hydrogens (tertiary/aromatic N) is 2. The number of rotatable bonds is 8. The minimum absolute atomic E-state index is 0.0679. The molecule has 0 aliphatic carbocycles. The minimum Gasteiger partial charge on any atom is -0.454 e. The fraction of sp³-hybridized carbons (Fsp3) is 0.240. The highest BCUT2D eigenvalue weighted by molar-refractivity contribution is 8.07. The van der Waals surface area contributed by atoms with Crippen LogP contribution in [0.1, 0.15) is 19.4 Å². The monoisotopic (exact) mass is 549 g/mol. The van der Waals surface area contributed by atoms with E-state index >= 15 is 0 Å². The van der Waals surface area contributed by atoms with Crippen LogP contribution < -0.4 is 13.8 Å². The molecule has 0 saturated heterocycles. The van der Waals surface area contributed by atoms with Crippen molar-refractivity contribution in [3.63, 3.8) is 0 Å². The molecule has 0 bridgehead atoms. The number of carbonyl (C=O) groups excluding carboxylic acids is 1. The van der Waals surface area contributed by atoms with Crippen molar-refractivity contribution in [2.75, 3.05) is 27.6 Å². The average molecular weight is 550 g/mol. The number of urea groups is 1. The van der Waals surface area contributed by atoms with Crippen LogP contribution in [0.5, 0.6) is 11.5 Å². The molecule has 2 amide bonds. The van der Waals surface area contributed by atoms with Crippen LogP contribution in [0.15, 0.2) is 54.6 Å². The second-order valence-electron chi connectivity index (χ2n) is 8.25. The minimum atomic E-state index is -3.90. The van der Waals surface area contributed by atoms with Crippen LogP contribution in [-0.2, 0) is 27.6 Å². The molecule has 1 heterocycles. The highest BCUT2D eigenvalue weighted by atomic mass is 32.3. The molecule has 4 rings (SSSR count). The van der Waals surface area contributed by atoms with E-state index in [0.717, 1.165) is 21.4 Å². The van der Waals surface area contributed by atoms with Gasteiger partial charge in [0.2, 0.25) is 10.0 Å². The lowest BCUT2D eigenvalue weighted by atomic mass is 9.99. The van der Waals surface area contributed by atoms with E-state index in [-0.39, 0.29) is 34.7 Å². The van der Waals surface area contributed by atoms with Crippen molar-refractivity contribution in [2.45, 2.75) is 20.4 Å². The number of amides is 2. The molecule has 0 fully saturated rings. The largest absolute Gasteiger partial charge is 0.454 e. The predicted molar refractivity (Wildman–Crippen MR) is 139 cm³/mol. The molecule has 1 atom stereocenters. The zero-order chi connectivity index (χ0) is 26.9. The summed E-state index contributed by atoms with van der Waals surface area (Å²) in [4.78, 5) is 13.5. The lowest BCUT2D eigenvalue weighted by Gasteiger charge is -2.27. The maximum absolute atomic E-state index is 14.4. The van der Waals surface area contributed by atoms with Gasteiger partial charge in [-0.05, 0) is 60.5 Å². The van der Waals surface area contributed by atoms with E-state index in [2.05, 4.69) is 5.32 Å². The van der Waals surface area contributed by atoms with Crippen molar-refractivity contribution in [3.05, 3.63) is 71.8 Å². The standard InChI is InChI=1S/C25H25F2N3O5S2/c1-4-36(32)30(37(33,34)5-2)19-8-11-23(35-24-10-7-18(26)13-21(24)27)20(14-19)16-6-9-22-17(12-16)15-29(3)25(31)28-22/h6-14H,4-5,15H2,1-3H3,(H,28,31). The summed E-state index contributed by atoms with van der Waals surface area (Å²) in [5.41, 5.74) is 2.52. The van der Waals surface area contributed by atoms with E-state index in [1.165, 1.54) is 30.0 Å². The summed E-state index contributed by atoms with van der Waals surface area (Å²) < 4.78 is 72.9. The van der Waals surface area contributed by atoms with Gasteiger partial charge in [-0.2, -0.15) is 3.71 Å². The number of nitrogens with one attached hydrogen (secondary N) is 1. The lowest BCUT2D eigenvalue weighted by molar-refractivity contribution is 0.218. The molecule has 1 N–H and O–H groups in total. The molecule has 12 heteroatoms. The van der Waals surface area contributed by atoms with E-state index in [0.29, 0.717) is 29.4 Å². The Labute approximate surface area is 216 Å². The third-order valence-electron chi connectivity index (χ3n) is 5.75. The number of fused-ring (bicyclic) bond motifs is 1. The fourth-order valence-electron chi connectivity index (χ4n) is 3.81. The van der Waals surface area contributed by atoms with Crippen molar-refractivity contribution >= 4 is 38.4 Å². The third-order valence-corrected chi connectivity index (χ3v) is 9.45. The van der Waals surface area contributed by atoms with Gasteiger partial charge in [0.05, 0.1) is 11.4 Å². The Kier molecular flexibility index (Phi) is 7.51. The smallest absolute Gasteiger partial charge is 0.321 e. The van der Waals surface area contributed by atoms with Gasteiger partial charge >= 0.3 is 6.03 Å². The van der Waals surface area contributed by atoms with Crippen LogP contribution in [0.25, 0.3) is 11.1 Å². The second kappa shape index (κ2) is 10.5. The number of anilines is 2. The Hall–Kier alpha value is -3.51. The number of hydrogen-bond donors (Lipinski definition) is 1. The molecule has 0 spiro atoms. The first-order valence-corrected chi connectivity index (χ1v) is 14.3. The molecule has 1 unspecified atom stereocenters. The van der Waals surface area contributed by atoms with Crippen LogP contribution >= 0.6 is 0 Å². The zero-order valence-electron chi connectivity index (χ0n) is 20.3. The van der Waals surface area contributed by atoms with Crippen LogP contribution in [-0.4, -0.2) is 42.1 Å². The van der Waals surface area contributed by atoms with E-state index in [1.807, 2.05) is 0 Å². The third kappa shape index (κ3) is 5.44. The summed E-state index contributed by atoms with van der Waals surface area (Å²) in [6.45, 7) is 3.39. The maximum Gasteiger partial charge on any atom is 0.321 e. The average Bonchev–Trinajstić information content (AvgIpc) is 2.86. The Morgan fingerprint density at radius 3 is 2.46 bits per heavy atom. The van der Waals surface area contributed by atoms with Gasteiger partial charge in [0.25, 0.3) is 0 Å². The summed E-state index contributed by atoms with van der Waals surface area (Å²) in [6.07, 6.45) is 0. The number of carbonyl (C=O) groups is 1. The number of ether oxygens (including phenoxy) is 1. The topological polar surface area (TPSA) is 96.0 Å². The second-order valence-corrected chi connectivity index (χ2v) is 12.2. The molecule has 3 aromatic carbocycles. The van der Waals surface area contributed by atoms with Crippen molar-refractivity contribution in [2.24, 2.45) is 0 Å². The van der Waals surface area contributed by atoms with E-state index in [4.69, 9.17) is 4.74 Å². The van der Waals surface area contributed by atoms with Gasteiger partial charge in [0.1, 0.15) is 22.6 Å². The SMILES string of the molecule is CCS(=O)N(c1ccc(Oc2ccc(F)cc2F)c(-c2ccc3c(c2)CN(C)C(=O)N3)c1)S(=O)(=O)CC. The van der Waals surface area contributed by atoms with E-state index in [1.54, 1.807) is 32.2 Å². The number of halogens is 2. The van der Waals surface area contributed by atoms with Gasteiger partial charge in [0, 0.05) is 36.7 Å². The quantitative estimate of drug-likeness (QED) is 0.415. The first-order chi connectivity index (χ1) is 17.5. The zero-order valence-corrected chi connectivity index (χ0v) is 22.0. The molecule has 196 valence electrons. The van der Waals surface area contributed by atoms with Crippen LogP contribution in [0.3, 0.4) is 0 Å². The Balaban J connectivity index is 1.88. The number of hydrogen-bond acceptors (Lipinski definition) is 5. The molecule has 3 aromatic rings. The van der Waals surface area contributed by atoms with Crippen molar-refractivity contribution < 1.29 is 30.9 Å². The molecular weight excluding hydrogens is 524 g/mol. The predicted octanol–water partition coefficient (Wildman–Crippen LogP) is 5.24. The molecule has 0 saturated carbocycles. The summed E-state index contributed by atoms with van der Waals surface area (Å²) in [6, 6.07) is 12.2. The number of benzene rings is 3. The molecule has 0 radical (unpaired) electrons. The van der Waals surface area contributed by atoms with E-state index in [9.17, 15) is 26.2 Å². The Bertz CT molecular complexity index is 1500. The first-order valence-electron chi connectivity index (χ1n) is 11.4. The number of sulfonamides is 1. The summed E-state index contributed by atoms with van der Waals surface area (Å²) in [5, 5.41) is 2.78. The van der Waals surface area contributed by atoms with Gasteiger partial charge < -0.3 is 15.0 Å². The van der Waals surface area contributed by atoms with Gasteiger partial charge in [0.15, 0.2) is 11.6 Å². The highest BCUT2D eigenvalue weighted by Gasteiger charge is 2.27. The summed E-state index contributed by atoms with van der Waals surface area (Å²) in [7, 11) is -4.12. The Morgan fingerprint density at radius 1 is 1.05 bits per heavy atom. The Morgan fingerprint density at radius 2 is 1.78 bits per heavy atom. The molecule has 1 aliphatic rings. The van der Waals surface area contributed by atoms with Gasteiger partial charge in [-0.15, -0.1) is 0 Å². The van der Waals surface area contributed by atoms with Crippen LogP contribution in [0, 0.1) is 11.6 Å². The van der Waals surface area contributed by atoms with E-state index < -0.39 is 32.6 Å². The van der Waals surface area contributed by atoms with Gasteiger partial charge in [-0.1, -0.05) is 13.0 Å². The maximum atomic E-state index is 14.4. The summed E-state index contributed by atoms with van der Waals surface area (Å²) in [5.74, 6) is -1.93.